The van der Waals surface area contributed by atoms with Crippen molar-refractivity contribution in [1.82, 2.24) is 9.78 Å². The number of aryl methyl sites for hydroxylation is 1. The summed E-state index contributed by atoms with van der Waals surface area (Å²) in [5.74, 6) is -0.877. The van der Waals surface area contributed by atoms with Crippen LogP contribution in [-0.4, -0.2) is 33.4 Å². The third-order valence-corrected chi connectivity index (χ3v) is 5.22. The Morgan fingerprint density at radius 1 is 1.41 bits per heavy atom. The molecule has 0 bridgehead atoms. The van der Waals surface area contributed by atoms with Crippen LogP contribution in [0.3, 0.4) is 0 Å². The second kappa shape index (κ2) is 5.57. The van der Waals surface area contributed by atoms with Crippen LogP contribution in [0.25, 0.3) is 0 Å². The van der Waals surface area contributed by atoms with Gasteiger partial charge in [0.2, 0.25) is 0 Å². The summed E-state index contributed by atoms with van der Waals surface area (Å²) in [6.45, 7) is 0.611. The summed E-state index contributed by atoms with van der Waals surface area (Å²) in [7, 11) is 1.53. The average Bonchev–Trinajstić information content (AvgIpc) is 2.83. The quantitative estimate of drug-likeness (QED) is 0.900. The predicted molar refractivity (Wildman–Crippen MR) is 83.4 cm³/mol. The van der Waals surface area contributed by atoms with E-state index in [0.717, 1.165) is 25.7 Å². The van der Waals surface area contributed by atoms with Gasteiger partial charge < -0.3 is 10.0 Å². The van der Waals surface area contributed by atoms with Crippen molar-refractivity contribution in [2.45, 2.75) is 44.6 Å². The molecule has 22 heavy (non-hydrogen) atoms. The number of halogens is 1. The van der Waals surface area contributed by atoms with Gasteiger partial charge in [-0.3, -0.25) is 4.79 Å². The number of anilines is 1. The molecule has 1 spiro atoms. The number of carboxylic acids is 1. The lowest BCUT2D eigenvalue weighted by Gasteiger charge is -2.33. The second-order valence-electron chi connectivity index (χ2n) is 6.53. The Morgan fingerprint density at radius 2 is 2.09 bits per heavy atom. The Morgan fingerprint density at radius 3 is 2.73 bits per heavy atom. The van der Waals surface area contributed by atoms with Crippen molar-refractivity contribution >= 4 is 23.3 Å². The van der Waals surface area contributed by atoms with E-state index in [1.54, 1.807) is 4.90 Å². The molecular weight excluding hydrogens is 306 g/mol. The van der Waals surface area contributed by atoms with E-state index in [-0.39, 0.29) is 16.1 Å². The third-order valence-electron chi connectivity index (χ3n) is 5.03. The van der Waals surface area contributed by atoms with Gasteiger partial charge in [0, 0.05) is 19.7 Å². The molecule has 2 fully saturated rings. The first-order chi connectivity index (χ1) is 10.4. The van der Waals surface area contributed by atoms with E-state index in [1.165, 1.54) is 24.2 Å². The SMILES string of the molecule is Cn1nc(Cl)cc(N2CC3(CCCCC3)CC2C(=O)O)c1=O. The largest absolute Gasteiger partial charge is 0.480 e. The maximum Gasteiger partial charge on any atom is 0.326 e. The molecule has 7 heteroatoms. The van der Waals surface area contributed by atoms with Gasteiger partial charge in [0.25, 0.3) is 5.56 Å². The average molecular weight is 326 g/mol. The molecule has 2 heterocycles. The topological polar surface area (TPSA) is 75.4 Å². The summed E-state index contributed by atoms with van der Waals surface area (Å²) < 4.78 is 1.17. The lowest BCUT2D eigenvalue weighted by molar-refractivity contribution is -0.138. The summed E-state index contributed by atoms with van der Waals surface area (Å²) in [5.41, 5.74) is 0.0584. The molecule has 1 saturated carbocycles. The Labute approximate surface area is 133 Å². The van der Waals surface area contributed by atoms with E-state index < -0.39 is 12.0 Å². The van der Waals surface area contributed by atoms with Gasteiger partial charge in [-0.15, -0.1) is 0 Å². The van der Waals surface area contributed by atoms with Gasteiger partial charge in [-0.05, 0) is 24.7 Å². The van der Waals surface area contributed by atoms with Gasteiger partial charge in [-0.1, -0.05) is 30.9 Å². The zero-order chi connectivity index (χ0) is 15.9. The fraction of sp³-hybridized carbons (Fsp3) is 0.667. The molecule has 1 unspecified atom stereocenters. The molecule has 1 aromatic rings. The van der Waals surface area contributed by atoms with Crippen LogP contribution in [0.1, 0.15) is 38.5 Å². The first kappa shape index (κ1) is 15.3. The normalized spacial score (nSPS) is 23.9. The standard InChI is InChI=1S/C15H20ClN3O3/c1-18-13(20)10(7-12(16)17-18)19-9-15(5-3-2-4-6-15)8-11(19)14(21)22/h7,11H,2-6,8-9H2,1H3,(H,21,22). The molecule has 3 rings (SSSR count). The molecule has 1 aromatic heterocycles. The van der Waals surface area contributed by atoms with Crippen LogP contribution in [0.4, 0.5) is 5.69 Å². The molecule has 120 valence electrons. The Hall–Kier alpha value is -1.56. The van der Waals surface area contributed by atoms with Crippen LogP contribution in [0.2, 0.25) is 5.15 Å². The van der Waals surface area contributed by atoms with Crippen LogP contribution in [0.5, 0.6) is 0 Å². The van der Waals surface area contributed by atoms with Crippen molar-refractivity contribution < 1.29 is 9.90 Å². The maximum absolute atomic E-state index is 12.4. The van der Waals surface area contributed by atoms with Crippen molar-refractivity contribution in [1.29, 1.82) is 0 Å². The molecule has 1 N–H and O–H groups in total. The number of aromatic nitrogens is 2. The lowest BCUT2D eigenvalue weighted by atomic mass is 9.73. The number of hydrogen-bond acceptors (Lipinski definition) is 4. The zero-order valence-corrected chi connectivity index (χ0v) is 13.3. The highest BCUT2D eigenvalue weighted by atomic mass is 35.5. The molecule has 1 atom stereocenters. The molecular formula is C15H20ClN3O3. The van der Waals surface area contributed by atoms with Gasteiger partial charge in [0.05, 0.1) is 0 Å². The molecule has 2 aliphatic rings. The van der Waals surface area contributed by atoms with Gasteiger partial charge in [0.15, 0.2) is 5.15 Å². The van der Waals surface area contributed by atoms with E-state index >= 15 is 0 Å². The summed E-state index contributed by atoms with van der Waals surface area (Å²) in [6.07, 6.45) is 6.15. The summed E-state index contributed by atoms with van der Waals surface area (Å²) in [5, 5.41) is 13.7. The predicted octanol–water partition coefficient (Wildman–Crippen LogP) is 2.05. The van der Waals surface area contributed by atoms with Gasteiger partial charge in [-0.25, -0.2) is 9.48 Å². The molecule has 1 saturated heterocycles. The van der Waals surface area contributed by atoms with E-state index in [9.17, 15) is 14.7 Å². The van der Waals surface area contributed by atoms with Crippen molar-refractivity contribution in [3.8, 4) is 0 Å². The van der Waals surface area contributed by atoms with Crippen molar-refractivity contribution in [2.75, 3.05) is 11.4 Å². The van der Waals surface area contributed by atoms with Crippen molar-refractivity contribution in [3.63, 3.8) is 0 Å². The highest BCUT2D eigenvalue weighted by Gasteiger charge is 2.47. The van der Waals surface area contributed by atoms with E-state index in [2.05, 4.69) is 5.10 Å². The number of carbonyl (C=O) groups is 1. The van der Waals surface area contributed by atoms with Gasteiger partial charge in [0.1, 0.15) is 11.7 Å². The molecule has 1 aliphatic heterocycles. The Balaban J connectivity index is 2.01. The lowest BCUT2D eigenvalue weighted by Crippen LogP contribution is -2.40. The zero-order valence-electron chi connectivity index (χ0n) is 12.6. The van der Waals surface area contributed by atoms with Crippen LogP contribution in [-0.2, 0) is 11.8 Å². The first-order valence-corrected chi connectivity index (χ1v) is 8.03. The van der Waals surface area contributed by atoms with Crippen molar-refractivity contribution in [2.24, 2.45) is 12.5 Å². The number of hydrogen-bond donors (Lipinski definition) is 1. The summed E-state index contributed by atoms with van der Waals surface area (Å²) in [6, 6.07) is 0.825. The fourth-order valence-corrected chi connectivity index (χ4v) is 4.17. The minimum atomic E-state index is -0.877. The smallest absolute Gasteiger partial charge is 0.326 e. The second-order valence-corrected chi connectivity index (χ2v) is 6.92. The van der Waals surface area contributed by atoms with Crippen LogP contribution in [0, 0.1) is 5.41 Å². The molecule has 0 amide bonds. The van der Waals surface area contributed by atoms with Crippen molar-refractivity contribution in [3.05, 3.63) is 21.6 Å². The minimum absolute atomic E-state index is 0.0159. The maximum atomic E-state index is 12.4. The Kier molecular flexibility index (Phi) is 3.89. The first-order valence-electron chi connectivity index (χ1n) is 7.65. The van der Waals surface area contributed by atoms with Crippen LogP contribution < -0.4 is 10.5 Å². The minimum Gasteiger partial charge on any atom is -0.480 e. The van der Waals surface area contributed by atoms with E-state index in [0.29, 0.717) is 18.7 Å². The number of nitrogens with zero attached hydrogens (tertiary/aromatic N) is 3. The van der Waals surface area contributed by atoms with Crippen LogP contribution in [0.15, 0.2) is 10.9 Å². The number of rotatable bonds is 2. The van der Waals surface area contributed by atoms with E-state index in [1.807, 2.05) is 0 Å². The Bertz CT molecular complexity index is 652. The van der Waals surface area contributed by atoms with E-state index in [4.69, 9.17) is 11.6 Å². The van der Waals surface area contributed by atoms with Crippen LogP contribution >= 0.6 is 11.6 Å². The third kappa shape index (κ3) is 2.60. The van der Waals surface area contributed by atoms with Gasteiger partial charge >= 0.3 is 5.97 Å². The highest BCUT2D eigenvalue weighted by Crippen LogP contribution is 2.47. The molecule has 1 aliphatic carbocycles. The summed E-state index contributed by atoms with van der Waals surface area (Å²) >= 11 is 5.96. The molecule has 0 aromatic carbocycles. The highest BCUT2D eigenvalue weighted by molar-refractivity contribution is 6.29. The monoisotopic (exact) mass is 325 g/mol. The summed E-state index contributed by atoms with van der Waals surface area (Å²) in [4.78, 5) is 25.8. The fourth-order valence-electron chi connectivity index (χ4n) is 3.96. The number of aliphatic carboxylic acids is 1. The number of carboxylic acid groups (broad SMARTS) is 1. The molecule has 0 radical (unpaired) electrons. The molecule has 6 nitrogen and oxygen atoms in total. The van der Waals surface area contributed by atoms with Gasteiger partial charge in [-0.2, -0.15) is 5.10 Å².